The number of furan rings is 1. The van der Waals surface area contributed by atoms with E-state index < -0.39 is 0 Å². The second-order valence-electron chi connectivity index (χ2n) is 14.1. The van der Waals surface area contributed by atoms with E-state index >= 15 is 0 Å². The van der Waals surface area contributed by atoms with Gasteiger partial charge in [-0.2, -0.15) is 0 Å². The van der Waals surface area contributed by atoms with Crippen LogP contribution < -0.4 is 4.90 Å². The fourth-order valence-corrected chi connectivity index (χ4v) is 8.91. The molecule has 0 spiro atoms. The Kier molecular flexibility index (Phi) is 6.38. The number of allylic oxidation sites excluding steroid dienone is 1. The summed E-state index contributed by atoms with van der Waals surface area (Å²) >= 11 is 0. The van der Waals surface area contributed by atoms with Crippen LogP contribution in [0.1, 0.15) is 29.4 Å². The summed E-state index contributed by atoms with van der Waals surface area (Å²) in [6.45, 7) is 6.04. The van der Waals surface area contributed by atoms with Crippen LogP contribution in [-0.2, 0) is 6.42 Å². The summed E-state index contributed by atoms with van der Waals surface area (Å²) in [5, 5.41) is 6.17. The Morgan fingerprint density at radius 2 is 1.30 bits per heavy atom. The zero-order chi connectivity index (χ0) is 35.2. The molecule has 3 aromatic heterocycles. The minimum absolute atomic E-state index is 0.836. The van der Waals surface area contributed by atoms with Gasteiger partial charge in [-0.05, 0) is 101 Å². The molecular weight excluding hydrogens is 645 g/mol. The monoisotopic (exact) mass is 678 g/mol. The highest BCUT2D eigenvalue weighted by molar-refractivity contribution is 6.25. The molecule has 3 heteroatoms. The lowest BCUT2D eigenvalue weighted by atomic mass is 10.0. The number of hydrogen-bond donors (Lipinski definition) is 0. The minimum atomic E-state index is 0.836. The third-order valence-corrected chi connectivity index (χ3v) is 11.2. The smallest absolute Gasteiger partial charge is 0.136 e. The second kappa shape index (κ2) is 11.3. The van der Waals surface area contributed by atoms with E-state index in [1.807, 2.05) is 25.2 Å². The normalized spacial score (nSPS) is 12.5. The maximum Gasteiger partial charge on any atom is 0.136 e. The van der Waals surface area contributed by atoms with Crippen LogP contribution in [0.15, 0.2) is 163 Å². The van der Waals surface area contributed by atoms with Crippen molar-refractivity contribution in [2.24, 2.45) is 0 Å². The molecule has 0 bridgehead atoms. The Bertz CT molecular complexity index is 3120. The van der Waals surface area contributed by atoms with Crippen molar-refractivity contribution in [1.29, 1.82) is 0 Å². The number of rotatable bonds is 6. The van der Waals surface area contributed by atoms with Crippen LogP contribution in [0.2, 0.25) is 0 Å². The highest BCUT2D eigenvalue weighted by Crippen LogP contribution is 2.47. The van der Waals surface area contributed by atoms with Gasteiger partial charge in [-0.25, -0.2) is 0 Å². The first kappa shape index (κ1) is 29.8. The summed E-state index contributed by atoms with van der Waals surface area (Å²) in [5.74, 6) is 0.836. The maximum absolute atomic E-state index is 6.28. The third-order valence-electron chi connectivity index (χ3n) is 11.2. The van der Waals surface area contributed by atoms with Crippen molar-refractivity contribution in [1.82, 2.24) is 4.40 Å². The molecule has 7 aromatic carbocycles. The molecule has 3 nitrogen and oxygen atoms in total. The van der Waals surface area contributed by atoms with Crippen molar-refractivity contribution in [3.8, 4) is 22.3 Å². The summed E-state index contributed by atoms with van der Waals surface area (Å²) in [6.07, 6.45) is 6.84. The van der Waals surface area contributed by atoms with E-state index in [9.17, 15) is 0 Å². The van der Waals surface area contributed by atoms with Gasteiger partial charge < -0.3 is 13.7 Å². The van der Waals surface area contributed by atoms with E-state index in [4.69, 9.17) is 4.42 Å². The Hall–Kier alpha value is -6.84. The van der Waals surface area contributed by atoms with Crippen LogP contribution in [0.4, 0.5) is 17.1 Å². The quantitative estimate of drug-likeness (QED) is 0.174. The van der Waals surface area contributed by atoms with Crippen LogP contribution in [-0.4, -0.2) is 4.40 Å². The molecule has 1 aliphatic carbocycles. The van der Waals surface area contributed by atoms with Gasteiger partial charge in [-0.1, -0.05) is 116 Å². The lowest BCUT2D eigenvalue weighted by Gasteiger charge is -2.27. The van der Waals surface area contributed by atoms with Crippen molar-refractivity contribution in [3.05, 3.63) is 181 Å². The molecule has 3 heterocycles. The third kappa shape index (κ3) is 4.28. The Balaban J connectivity index is 1.13. The fourth-order valence-electron chi connectivity index (χ4n) is 8.91. The summed E-state index contributed by atoms with van der Waals surface area (Å²) in [7, 11) is 0. The van der Waals surface area contributed by atoms with Gasteiger partial charge in [-0.3, -0.25) is 0 Å². The number of anilines is 3. The molecule has 0 unspecified atom stereocenters. The Morgan fingerprint density at radius 3 is 2.15 bits per heavy atom. The first-order chi connectivity index (χ1) is 26.2. The van der Waals surface area contributed by atoms with E-state index in [-0.39, 0.29) is 0 Å². The standard InChI is InChI=1S/C50H34N2O/c1-3-11-47-37(4-2)40-27-23-32(29-48(40)53-47)31-20-24-35(25-21-31)51(36-26-22-34-28-33-12-5-6-13-38(33)44(34)30-36)46-19-10-17-43-42-16-9-15-41-39-14-7-8-18-45(39)52(49(41)42)50(43)46/h3-27,29-30H,2,28H2,1H3/b11-3-. The van der Waals surface area contributed by atoms with Crippen molar-refractivity contribution in [2.75, 3.05) is 4.90 Å². The maximum atomic E-state index is 6.28. The molecule has 250 valence electrons. The Morgan fingerprint density at radius 1 is 0.604 bits per heavy atom. The molecule has 0 saturated carbocycles. The zero-order valence-electron chi connectivity index (χ0n) is 29.3. The van der Waals surface area contributed by atoms with E-state index in [1.54, 1.807) is 0 Å². The van der Waals surface area contributed by atoms with Crippen molar-refractivity contribution in [3.63, 3.8) is 0 Å². The average molecular weight is 679 g/mol. The SMILES string of the molecule is C=Cc1c(/C=C\C)oc2cc(-c3ccc(N(c4ccc5c(c4)-c4ccccc4C5)c4cccc5c6cccc7c8ccccc8n(c45)c76)cc3)ccc12. The first-order valence-corrected chi connectivity index (χ1v) is 18.3. The molecule has 0 aliphatic heterocycles. The van der Waals surface area contributed by atoms with E-state index in [0.717, 1.165) is 56.9 Å². The van der Waals surface area contributed by atoms with E-state index in [1.165, 1.54) is 60.3 Å². The van der Waals surface area contributed by atoms with Gasteiger partial charge in [0.15, 0.2) is 0 Å². The lowest BCUT2D eigenvalue weighted by Crippen LogP contribution is -2.11. The predicted molar refractivity (Wildman–Crippen MR) is 224 cm³/mol. The molecule has 53 heavy (non-hydrogen) atoms. The molecule has 0 N–H and O–H groups in total. The predicted octanol–water partition coefficient (Wildman–Crippen LogP) is 14.0. The summed E-state index contributed by atoms with van der Waals surface area (Å²) in [5.41, 5.74) is 16.6. The molecule has 0 amide bonds. The van der Waals surface area contributed by atoms with Crippen molar-refractivity contribution in [2.45, 2.75) is 13.3 Å². The largest absolute Gasteiger partial charge is 0.456 e. The van der Waals surface area contributed by atoms with Gasteiger partial charge in [0.1, 0.15) is 11.3 Å². The van der Waals surface area contributed by atoms with Crippen LogP contribution in [0.3, 0.4) is 0 Å². The number of fused-ring (bicyclic) bond motifs is 10. The number of nitrogens with zero attached hydrogens (tertiary/aromatic N) is 2. The van der Waals surface area contributed by atoms with Gasteiger partial charge in [0.05, 0.1) is 22.2 Å². The van der Waals surface area contributed by atoms with Gasteiger partial charge >= 0.3 is 0 Å². The number of benzene rings is 7. The summed E-state index contributed by atoms with van der Waals surface area (Å²) < 4.78 is 8.77. The van der Waals surface area contributed by atoms with Crippen molar-refractivity contribution < 1.29 is 4.42 Å². The van der Waals surface area contributed by atoms with Gasteiger partial charge in [-0.15, -0.1) is 0 Å². The number of hydrogen-bond acceptors (Lipinski definition) is 2. The minimum Gasteiger partial charge on any atom is -0.456 e. The topological polar surface area (TPSA) is 20.8 Å². The van der Waals surface area contributed by atoms with E-state index in [0.29, 0.717) is 0 Å². The number of aromatic nitrogens is 1. The molecule has 11 rings (SSSR count). The molecule has 0 fully saturated rings. The molecule has 0 atom stereocenters. The average Bonchev–Trinajstić information content (AvgIpc) is 3.95. The van der Waals surface area contributed by atoms with Crippen LogP contribution >= 0.6 is 0 Å². The second-order valence-corrected chi connectivity index (χ2v) is 14.1. The van der Waals surface area contributed by atoms with Gasteiger partial charge in [0, 0.05) is 43.9 Å². The summed E-state index contributed by atoms with van der Waals surface area (Å²) in [6, 6.07) is 53.6. The van der Waals surface area contributed by atoms with Crippen molar-refractivity contribution >= 4 is 78.3 Å². The molecular formula is C50H34N2O. The van der Waals surface area contributed by atoms with Crippen LogP contribution in [0, 0.1) is 0 Å². The Labute approximate surface area is 307 Å². The highest BCUT2D eigenvalue weighted by atomic mass is 16.3. The molecule has 0 radical (unpaired) electrons. The van der Waals surface area contributed by atoms with E-state index in [2.05, 4.69) is 161 Å². The molecule has 1 aliphatic rings. The lowest BCUT2D eigenvalue weighted by molar-refractivity contribution is 0.603. The zero-order valence-corrected chi connectivity index (χ0v) is 29.3. The fraction of sp³-hybridized carbons (Fsp3) is 0.0400. The van der Waals surface area contributed by atoms with Crippen LogP contribution in [0.25, 0.3) is 83.5 Å². The molecule has 0 saturated heterocycles. The first-order valence-electron chi connectivity index (χ1n) is 18.3. The van der Waals surface area contributed by atoms with Gasteiger partial charge in [0.25, 0.3) is 0 Å². The van der Waals surface area contributed by atoms with Crippen LogP contribution in [0.5, 0.6) is 0 Å². The number of para-hydroxylation sites is 3. The highest BCUT2D eigenvalue weighted by Gasteiger charge is 2.25. The molecule has 10 aromatic rings. The van der Waals surface area contributed by atoms with Gasteiger partial charge in [0.2, 0.25) is 0 Å². The summed E-state index contributed by atoms with van der Waals surface area (Å²) in [4.78, 5) is 2.45.